The smallest absolute Gasteiger partial charge is 0.243 e. The zero-order valence-electron chi connectivity index (χ0n) is 19.3. The van der Waals surface area contributed by atoms with E-state index >= 15 is 0 Å². The van der Waals surface area contributed by atoms with Crippen molar-refractivity contribution in [2.75, 3.05) is 17.1 Å². The number of anilines is 1. The van der Waals surface area contributed by atoms with E-state index in [4.69, 9.17) is 4.74 Å². The number of ether oxygens (including phenoxy) is 1. The highest BCUT2D eigenvalue weighted by Crippen LogP contribution is 2.23. The van der Waals surface area contributed by atoms with Gasteiger partial charge in [0.25, 0.3) is 0 Å². The van der Waals surface area contributed by atoms with Crippen LogP contribution in [0.3, 0.4) is 0 Å². The zero-order valence-corrected chi connectivity index (χ0v) is 20.1. The van der Waals surface area contributed by atoms with E-state index in [0.29, 0.717) is 12.2 Å². The third-order valence-electron chi connectivity index (χ3n) is 5.07. The van der Waals surface area contributed by atoms with Crippen molar-refractivity contribution in [1.29, 1.82) is 0 Å². The number of rotatable bonds is 10. The van der Waals surface area contributed by atoms with Crippen LogP contribution < -0.4 is 14.4 Å². The minimum atomic E-state index is -3.62. The summed E-state index contributed by atoms with van der Waals surface area (Å²) in [6, 6.07) is 12.5. The van der Waals surface area contributed by atoms with Crippen molar-refractivity contribution in [3.8, 4) is 5.75 Å². The van der Waals surface area contributed by atoms with Crippen molar-refractivity contribution >= 4 is 21.6 Å². The Morgan fingerprint density at radius 1 is 1.03 bits per heavy atom. The molecule has 0 heterocycles. The molecule has 0 unspecified atom stereocenters. The molecule has 1 N–H and O–H groups in total. The van der Waals surface area contributed by atoms with Crippen LogP contribution in [0.4, 0.5) is 5.69 Å². The van der Waals surface area contributed by atoms with Gasteiger partial charge < -0.3 is 10.1 Å². The number of hydrogen-bond donors (Lipinski definition) is 1. The molecule has 0 aliphatic carbocycles. The fourth-order valence-corrected chi connectivity index (χ4v) is 4.50. The molecule has 0 aliphatic heterocycles. The molecule has 7 heteroatoms. The van der Waals surface area contributed by atoms with Gasteiger partial charge in [0.15, 0.2) is 0 Å². The lowest BCUT2D eigenvalue weighted by atomic mass is 10.1. The van der Waals surface area contributed by atoms with Crippen LogP contribution in [0.15, 0.2) is 42.5 Å². The third-order valence-corrected chi connectivity index (χ3v) is 6.31. The SMILES string of the molecule is Cc1ccc(N([C@H](C)C(=O)NCCCc2ccc(OC(C)C)cc2)S(C)(=O)=O)cc1C. The van der Waals surface area contributed by atoms with Gasteiger partial charge in [-0.1, -0.05) is 18.2 Å². The molecule has 31 heavy (non-hydrogen) atoms. The Morgan fingerprint density at radius 2 is 1.68 bits per heavy atom. The first kappa shape index (κ1) is 24.7. The predicted octanol–water partition coefficient (Wildman–Crippen LogP) is 3.99. The lowest BCUT2D eigenvalue weighted by Crippen LogP contribution is -2.48. The average Bonchev–Trinajstić information content (AvgIpc) is 2.67. The molecule has 6 nitrogen and oxygen atoms in total. The van der Waals surface area contributed by atoms with Gasteiger partial charge in [-0.2, -0.15) is 0 Å². The lowest BCUT2D eigenvalue weighted by molar-refractivity contribution is -0.121. The maximum Gasteiger partial charge on any atom is 0.243 e. The number of hydrogen-bond acceptors (Lipinski definition) is 4. The van der Waals surface area contributed by atoms with Crippen molar-refractivity contribution in [2.24, 2.45) is 0 Å². The van der Waals surface area contributed by atoms with E-state index in [-0.39, 0.29) is 12.0 Å². The number of carbonyl (C=O) groups excluding carboxylic acids is 1. The average molecular weight is 447 g/mol. The van der Waals surface area contributed by atoms with Gasteiger partial charge in [-0.05, 0) is 88.4 Å². The van der Waals surface area contributed by atoms with Crippen LogP contribution in [0, 0.1) is 13.8 Å². The maximum absolute atomic E-state index is 12.7. The van der Waals surface area contributed by atoms with E-state index in [1.165, 1.54) is 4.31 Å². The molecule has 0 aliphatic rings. The molecule has 170 valence electrons. The van der Waals surface area contributed by atoms with Gasteiger partial charge in [-0.3, -0.25) is 9.10 Å². The van der Waals surface area contributed by atoms with Gasteiger partial charge in [0.2, 0.25) is 15.9 Å². The fraction of sp³-hybridized carbons (Fsp3) is 0.458. The molecule has 0 spiro atoms. The second-order valence-corrected chi connectivity index (χ2v) is 10.1. The van der Waals surface area contributed by atoms with Gasteiger partial charge in [0.1, 0.15) is 11.8 Å². The standard InChI is InChI=1S/C24H34N2O4S/c1-17(2)30-23-13-10-21(11-14-23)8-7-15-25-24(27)20(5)26(31(6,28)29)22-12-9-18(3)19(4)16-22/h9-14,16-17,20H,7-8,15H2,1-6H3,(H,25,27)/t20-/m1/s1. The first-order valence-electron chi connectivity index (χ1n) is 10.6. The molecule has 2 aromatic rings. The summed E-state index contributed by atoms with van der Waals surface area (Å²) in [4.78, 5) is 12.7. The third kappa shape index (κ3) is 7.28. The fourth-order valence-electron chi connectivity index (χ4n) is 3.33. The van der Waals surface area contributed by atoms with Crippen molar-refractivity contribution in [1.82, 2.24) is 5.32 Å². The summed E-state index contributed by atoms with van der Waals surface area (Å²) >= 11 is 0. The van der Waals surface area contributed by atoms with E-state index in [1.54, 1.807) is 19.1 Å². The molecule has 1 amide bonds. The molecular formula is C24H34N2O4S. The largest absolute Gasteiger partial charge is 0.491 e. The van der Waals surface area contributed by atoms with Crippen LogP contribution in [-0.4, -0.2) is 39.3 Å². The van der Waals surface area contributed by atoms with Crippen molar-refractivity contribution in [3.63, 3.8) is 0 Å². The second kappa shape index (κ2) is 10.7. The summed E-state index contributed by atoms with van der Waals surface area (Å²) in [5, 5.41) is 2.87. The number of carbonyl (C=O) groups is 1. The summed E-state index contributed by atoms with van der Waals surface area (Å²) in [6.45, 7) is 9.94. The molecule has 0 saturated heterocycles. The summed E-state index contributed by atoms with van der Waals surface area (Å²) in [7, 11) is -3.62. The van der Waals surface area contributed by atoms with Gasteiger partial charge in [0, 0.05) is 6.54 Å². The minimum absolute atomic E-state index is 0.137. The van der Waals surface area contributed by atoms with Crippen molar-refractivity contribution < 1.29 is 17.9 Å². The predicted molar refractivity (Wildman–Crippen MR) is 126 cm³/mol. The zero-order chi connectivity index (χ0) is 23.2. The summed E-state index contributed by atoms with van der Waals surface area (Å²) in [5.41, 5.74) is 3.70. The molecule has 2 rings (SSSR count). The molecule has 0 fully saturated rings. The van der Waals surface area contributed by atoms with Crippen molar-refractivity contribution in [3.05, 3.63) is 59.2 Å². The quantitative estimate of drug-likeness (QED) is 0.560. The van der Waals surface area contributed by atoms with E-state index < -0.39 is 16.1 Å². The van der Waals surface area contributed by atoms with Crippen LogP contribution in [0.25, 0.3) is 0 Å². The van der Waals surface area contributed by atoms with Crippen LogP contribution in [0.2, 0.25) is 0 Å². The van der Waals surface area contributed by atoms with E-state index in [0.717, 1.165) is 41.5 Å². The Hall–Kier alpha value is -2.54. The highest BCUT2D eigenvalue weighted by molar-refractivity contribution is 7.92. The highest BCUT2D eigenvalue weighted by atomic mass is 32.2. The molecule has 0 saturated carbocycles. The molecule has 0 bridgehead atoms. The van der Waals surface area contributed by atoms with Crippen LogP contribution in [0.5, 0.6) is 5.75 Å². The van der Waals surface area contributed by atoms with E-state index in [9.17, 15) is 13.2 Å². The Balaban J connectivity index is 1.94. The summed E-state index contributed by atoms with van der Waals surface area (Å²) in [6.07, 6.45) is 2.83. The van der Waals surface area contributed by atoms with E-state index in [1.807, 2.05) is 58.0 Å². The second-order valence-electron chi connectivity index (χ2n) is 8.21. The number of nitrogens with zero attached hydrogens (tertiary/aromatic N) is 1. The summed E-state index contributed by atoms with van der Waals surface area (Å²) < 4.78 is 31.7. The van der Waals surface area contributed by atoms with Gasteiger partial charge >= 0.3 is 0 Å². The monoisotopic (exact) mass is 446 g/mol. The normalized spacial score (nSPS) is 12.5. The molecular weight excluding hydrogens is 412 g/mol. The maximum atomic E-state index is 12.7. The van der Waals surface area contributed by atoms with Crippen LogP contribution in [0.1, 0.15) is 43.9 Å². The number of nitrogens with one attached hydrogen (secondary N) is 1. The molecule has 0 radical (unpaired) electrons. The van der Waals surface area contributed by atoms with E-state index in [2.05, 4.69) is 5.32 Å². The van der Waals surface area contributed by atoms with Crippen molar-refractivity contribution in [2.45, 2.75) is 59.6 Å². The Morgan fingerprint density at radius 3 is 2.23 bits per heavy atom. The Kier molecular flexibility index (Phi) is 8.51. The van der Waals surface area contributed by atoms with Crippen LogP contribution in [-0.2, 0) is 21.2 Å². The Bertz CT molecular complexity index is 985. The molecule has 1 atom stereocenters. The van der Waals surface area contributed by atoms with Gasteiger partial charge in [0.05, 0.1) is 18.0 Å². The minimum Gasteiger partial charge on any atom is -0.491 e. The number of sulfonamides is 1. The van der Waals surface area contributed by atoms with Gasteiger partial charge in [-0.15, -0.1) is 0 Å². The van der Waals surface area contributed by atoms with Gasteiger partial charge in [-0.25, -0.2) is 8.42 Å². The Labute approximate surface area is 186 Å². The number of aryl methyl sites for hydroxylation is 3. The summed E-state index contributed by atoms with van der Waals surface area (Å²) in [5.74, 6) is 0.525. The highest BCUT2D eigenvalue weighted by Gasteiger charge is 2.29. The molecule has 0 aromatic heterocycles. The lowest BCUT2D eigenvalue weighted by Gasteiger charge is -2.28. The molecule has 2 aromatic carbocycles. The first-order valence-corrected chi connectivity index (χ1v) is 12.4. The first-order chi connectivity index (χ1) is 14.5. The number of amides is 1. The van der Waals surface area contributed by atoms with Crippen LogP contribution >= 0.6 is 0 Å². The number of benzene rings is 2. The topological polar surface area (TPSA) is 75.7 Å².